The Morgan fingerprint density at radius 2 is 1.46 bits per heavy atom. The number of nitrogens with zero attached hydrogens (tertiary/aromatic N) is 3. The Morgan fingerprint density at radius 1 is 0.738 bits per heavy atom. The Morgan fingerprint density at radius 3 is 2.25 bits per heavy atom. The zero-order chi connectivity index (χ0) is 44.0. The van der Waals surface area contributed by atoms with Gasteiger partial charge in [0.05, 0.1) is 30.5 Å². The summed E-state index contributed by atoms with van der Waals surface area (Å²) in [5, 5.41) is 6.20. The van der Waals surface area contributed by atoms with Gasteiger partial charge in [-0.15, -0.1) is 47.3 Å². The fourth-order valence-electron chi connectivity index (χ4n) is 9.63. The van der Waals surface area contributed by atoms with Crippen molar-refractivity contribution >= 4 is 57.0 Å². The van der Waals surface area contributed by atoms with Crippen molar-refractivity contribution in [1.29, 1.82) is 0 Å². The Kier molecular flexibility index (Phi) is 12.4. The molecule has 0 N–H and O–H groups in total. The minimum atomic E-state index is -1.39. The van der Waals surface area contributed by atoms with Crippen molar-refractivity contribution in [1.82, 2.24) is 14.5 Å². The van der Waals surface area contributed by atoms with Gasteiger partial charge in [0.15, 0.2) is 0 Å². The summed E-state index contributed by atoms with van der Waals surface area (Å²) in [6.45, 7) is 14.1. The summed E-state index contributed by atoms with van der Waals surface area (Å²) in [6.07, 6.45) is 9.00. The van der Waals surface area contributed by atoms with Crippen molar-refractivity contribution in [3.8, 4) is 39.5 Å². The fraction of sp³-hybridized carbons (Fsp3) is 0.220. The van der Waals surface area contributed by atoms with E-state index in [-0.39, 0.29) is 25.5 Å². The second-order valence-corrected chi connectivity index (χ2v) is 24.6. The average Bonchev–Trinajstić information content (AvgIpc) is 4.06. The van der Waals surface area contributed by atoms with Gasteiger partial charge in [-0.3, -0.25) is 4.98 Å². The molecule has 4 nitrogen and oxygen atoms in total. The van der Waals surface area contributed by atoms with Gasteiger partial charge in [-0.1, -0.05) is 185 Å². The van der Waals surface area contributed by atoms with E-state index >= 15 is 0 Å². The third-order valence-corrected chi connectivity index (χ3v) is 15.1. The molecule has 0 bridgehead atoms. The van der Waals surface area contributed by atoms with Crippen LogP contribution in [0.2, 0.25) is 19.6 Å². The summed E-state index contributed by atoms with van der Waals surface area (Å²) in [7, 11) is -1.39. The first kappa shape index (κ1) is 44.3. The number of hydrogen-bond acceptors (Lipinski definition) is 3. The molecular formula is C59H55IrN3OSi-2. The summed E-state index contributed by atoms with van der Waals surface area (Å²) in [5.74, 6) is 1.68. The summed E-state index contributed by atoms with van der Waals surface area (Å²) < 4.78 is 8.69. The molecule has 0 atom stereocenters. The van der Waals surface area contributed by atoms with Crippen molar-refractivity contribution in [2.45, 2.75) is 77.9 Å². The molecule has 0 amide bonds. The molecule has 0 saturated heterocycles. The second-order valence-electron chi connectivity index (χ2n) is 19.6. The van der Waals surface area contributed by atoms with Gasteiger partial charge in [-0.2, -0.15) is 0 Å². The molecule has 1 radical (unpaired) electrons. The van der Waals surface area contributed by atoms with E-state index in [0.717, 1.165) is 67.2 Å². The zero-order valence-corrected chi connectivity index (χ0v) is 41.6. The van der Waals surface area contributed by atoms with Crippen LogP contribution in [0.4, 0.5) is 0 Å². The van der Waals surface area contributed by atoms with Gasteiger partial charge >= 0.3 is 0 Å². The Bertz CT molecular complexity index is 3290. The molecule has 11 rings (SSSR count). The number of imidazole rings is 1. The minimum Gasteiger partial charge on any atom is -0.501 e. The van der Waals surface area contributed by atoms with Crippen LogP contribution in [0.15, 0.2) is 162 Å². The molecule has 1 saturated carbocycles. The molecule has 3 aromatic heterocycles. The quantitative estimate of drug-likeness (QED) is 0.118. The molecule has 65 heavy (non-hydrogen) atoms. The second kappa shape index (κ2) is 18.2. The normalized spacial score (nSPS) is 13.3. The van der Waals surface area contributed by atoms with Crippen molar-refractivity contribution in [3.05, 3.63) is 181 Å². The molecule has 1 aliphatic rings. The van der Waals surface area contributed by atoms with Crippen LogP contribution in [-0.2, 0) is 31.9 Å². The maximum absolute atomic E-state index is 6.42. The van der Waals surface area contributed by atoms with Crippen LogP contribution in [0.1, 0.15) is 57.6 Å². The van der Waals surface area contributed by atoms with Crippen molar-refractivity contribution in [2.24, 2.45) is 5.92 Å². The molecule has 1 aliphatic carbocycles. The van der Waals surface area contributed by atoms with Gasteiger partial charge in [-0.05, 0) is 70.1 Å². The van der Waals surface area contributed by atoms with Gasteiger partial charge in [0.2, 0.25) is 0 Å². The van der Waals surface area contributed by atoms with Crippen LogP contribution in [0.3, 0.4) is 0 Å². The third-order valence-electron chi connectivity index (χ3n) is 13.0. The Labute approximate surface area is 398 Å². The van der Waals surface area contributed by atoms with Crippen LogP contribution in [0.25, 0.3) is 83.2 Å². The SMILES string of the molecule is CC(C)(C)c1ccc(-n2c(-c3[c-]ccc4c3oc3ccccc34)nc3ccccc32)c(-c2ccccc2)c1.C[Si](C)(C)c1cnc(-c2[c-]cc3ccccc3c2)cc1CC1CCCC1.[Ir]. The largest absolute Gasteiger partial charge is 0.501 e. The van der Waals surface area contributed by atoms with Crippen molar-refractivity contribution in [2.75, 3.05) is 0 Å². The van der Waals surface area contributed by atoms with Crippen LogP contribution in [-0.4, -0.2) is 22.6 Å². The van der Waals surface area contributed by atoms with E-state index in [1.54, 1.807) is 5.56 Å². The van der Waals surface area contributed by atoms with E-state index in [1.807, 2.05) is 30.3 Å². The molecule has 10 aromatic rings. The van der Waals surface area contributed by atoms with Crippen molar-refractivity contribution < 1.29 is 24.5 Å². The van der Waals surface area contributed by atoms with E-state index in [2.05, 4.69) is 185 Å². The van der Waals surface area contributed by atoms with Gasteiger partial charge in [0, 0.05) is 42.9 Å². The molecule has 7 aromatic carbocycles. The van der Waals surface area contributed by atoms with Gasteiger partial charge in [0.25, 0.3) is 0 Å². The molecule has 327 valence electrons. The number of benzene rings is 7. The van der Waals surface area contributed by atoms with Crippen LogP contribution in [0, 0.1) is 18.1 Å². The molecule has 3 heterocycles. The third kappa shape index (κ3) is 8.92. The maximum Gasteiger partial charge on any atom is 0.120 e. The van der Waals surface area contributed by atoms with Crippen molar-refractivity contribution in [3.63, 3.8) is 0 Å². The summed E-state index contributed by atoms with van der Waals surface area (Å²) in [5.41, 5.74) is 13.0. The Balaban J connectivity index is 0.000000173. The van der Waals surface area contributed by atoms with Crippen LogP contribution < -0.4 is 5.19 Å². The number of hydrogen-bond donors (Lipinski definition) is 0. The molecule has 6 heteroatoms. The van der Waals surface area contributed by atoms with E-state index < -0.39 is 8.07 Å². The predicted octanol–water partition coefficient (Wildman–Crippen LogP) is 15.3. The van der Waals surface area contributed by atoms with Crippen LogP contribution >= 0.6 is 0 Å². The van der Waals surface area contributed by atoms with Gasteiger partial charge < -0.3 is 14.0 Å². The van der Waals surface area contributed by atoms with Gasteiger partial charge in [0.1, 0.15) is 5.58 Å². The van der Waals surface area contributed by atoms with E-state index in [9.17, 15) is 0 Å². The van der Waals surface area contributed by atoms with Crippen LogP contribution in [0.5, 0.6) is 0 Å². The topological polar surface area (TPSA) is 43.9 Å². The summed E-state index contributed by atoms with van der Waals surface area (Å²) >= 11 is 0. The molecular weight excluding hydrogens is 987 g/mol. The smallest absolute Gasteiger partial charge is 0.120 e. The molecule has 1 fully saturated rings. The number of furan rings is 1. The summed E-state index contributed by atoms with van der Waals surface area (Å²) in [6, 6.07) is 60.1. The summed E-state index contributed by atoms with van der Waals surface area (Å²) in [4.78, 5) is 10.0. The van der Waals surface area contributed by atoms with E-state index in [1.165, 1.54) is 64.8 Å². The molecule has 0 aliphatic heterocycles. The molecule has 0 spiro atoms. The monoisotopic (exact) mass is 1040 g/mol. The minimum absolute atomic E-state index is 0. The first-order chi connectivity index (χ1) is 31.0. The first-order valence-corrected chi connectivity index (χ1v) is 26.4. The van der Waals surface area contributed by atoms with E-state index in [4.69, 9.17) is 14.4 Å². The Hall–Kier alpha value is -5.91. The average molecular weight is 1040 g/mol. The fourth-order valence-corrected chi connectivity index (χ4v) is 11.2. The number of aromatic nitrogens is 3. The standard InChI is InChI=1S/C35H27N2O.C24H28NSi.Ir/c1-35(2,3)24-20-21-30(28(22-24)23-12-5-4-6-13-23)37-31-18-9-8-17-29(31)36-34(37)27-16-11-15-26-25-14-7-10-19-32(25)38-33(26)27;1-26(2,3)24-17-25-23(16-22(24)14-18-8-4-5-9-18)21-13-12-19-10-6-7-11-20(19)15-21;/h4-15,17-22H,1-3H3;6-7,10-12,15-18H,4-5,8-9,14H2,1-3H3;/q2*-1;. The number of rotatable bonds is 7. The van der Waals surface area contributed by atoms with Gasteiger partial charge in [-0.25, -0.2) is 0 Å². The number of para-hydroxylation sites is 3. The maximum atomic E-state index is 6.42. The zero-order valence-electron chi connectivity index (χ0n) is 38.2. The predicted molar refractivity (Wildman–Crippen MR) is 271 cm³/mol. The molecule has 0 unspecified atom stereocenters. The van der Waals surface area contributed by atoms with E-state index in [0.29, 0.717) is 0 Å². The number of fused-ring (bicyclic) bond motifs is 5. The first-order valence-electron chi connectivity index (χ1n) is 22.9. The number of pyridine rings is 1.